The van der Waals surface area contributed by atoms with Crippen molar-refractivity contribution in [3.63, 3.8) is 0 Å². The lowest BCUT2D eigenvalue weighted by molar-refractivity contribution is 0.0391. The summed E-state index contributed by atoms with van der Waals surface area (Å²) in [5, 5.41) is 0.621. The fraction of sp³-hybridized carbons (Fsp3) is 0.348. The Hall–Kier alpha value is -2.79. The number of carbonyl (C=O) groups is 1. The van der Waals surface area contributed by atoms with E-state index in [1.54, 1.807) is 24.6 Å². The van der Waals surface area contributed by atoms with Crippen LogP contribution < -0.4 is 14.4 Å². The Kier molecular flexibility index (Phi) is 6.41. The summed E-state index contributed by atoms with van der Waals surface area (Å²) in [6, 6.07) is 9.33. The molecule has 1 fully saturated rings. The number of amides is 1. The van der Waals surface area contributed by atoms with Crippen LogP contribution in [-0.2, 0) is 4.74 Å². The van der Waals surface area contributed by atoms with Crippen molar-refractivity contribution in [3.8, 4) is 11.5 Å². The maximum atomic E-state index is 13.7. The molecule has 0 atom stereocenters. The van der Waals surface area contributed by atoms with E-state index in [0.29, 0.717) is 47.5 Å². The fourth-order valence-electron chi connectivity index (χ4n) is 3.88. The van der Waals surface area contributed by atoms with Crippen LogP contribution in [0.3, 0.4) is 0 Å². The van der Waals surface area contributed by atoms with Gasteiger partial charge in [-0.2, -0.15) is 0 Å². The number of morpholine rings is 1. The zero-order valence-electron chi connectivity index (χ0n) is 18.4. The molecule has 0 saturated carbocycles. The third-order valence-corrected chi connectivity index (χ3v) is 7.58. The molecule has 172 valence electrons. The summed E-state index contributed by atoms with van der Waals surface area (Å²) in [7, 11) is 3.25. The van der Waals surface area contributed by atoms with Gasteiger partial charge in [0, 0.05) is 31.7 Å². The minimum atomic E-state index is -0.0875. The van der Waals surface area contributed by atoms with Crippen molar-refractivity contribution < 1.29 is 19.0 Å². The Bertz CT molecular complexity index is 1240. The van der Waals surface area contributed by atoms with Gasteiger partial charge in [-0.05, 0) is 30.3 Å². The number of rotatable bonds is 7. The van der Waals surface area contributed by atoms with E-state index in [0.717, 1.165) is 34.6 Å². The quantitative estimate of drug-likeness (QED) is 0.394. The topological polar surface area (TPSA) is 77.0 Å². The van der Waals surface area contributed by atoms with Crippen molar-refractivity contribution in [1.82, 2.24) is 14.9 Å². The van der Waals surface area contributed by atoms with Gasteiger partial charge in [0.1, 0.15) is 21.7 Å². The Balaban J connectivity index is 1.53. The molecule has 4 aromatic rings. The summed E-state index contributed by atoms with van der Waals surface area (Å²) in [6.07, 6.45) is 0. The number of ether oxygens (including phenoxy) is 3. The maximum absolute atomic E-state index is 13.7. The predicted molar refractivity (Wildman–Crippen MR) is 131 cm³/mol. The standard InChI is InChI=1S/C23H24N4O4S2/c1-29-17-5-6-18(30-2)21-20(17)25-23(33-21)27(8-7-26-9-11-31-12-10-26)22(28)15-3-4-16-19(13-15)32-14-24-16/h3-6,13-14H,7-12H2,1-2H3. The molecule has 5 rings (SSSR count). The van der Waals surface area contributed by atoms with Crippen LogP contribution in [-0.4, -0.2) is 74.4 Å². The van der Waals surface area contributed by atoms with Gasteiger partial charge in [-0.3, -0.25) is 14.6 Å². The van der Waals surface area contributed by atoms with Gasteiger partial charge in [-0.25, -0.2) is 9.97 Å². The lowest BCUT2D eigenvalue weighted by Crippen LogP contribution is -2.43. The van der Waals surface area contributed by atoms with Crippen molar-refractivity contribution in [1.29, 1.82) is 0 Å². The molecule has 1 amide bonds. The summed E-state index contributed by atoms with van der Waals surface area (Å²) in [4.78, 5) is 27.0. The number of anilines is 1. The largest absolute Gasteiger partial charge is 0.495 e. The van der Waals surface area contributed by atoms with E-state index < -0.39 is 0 Å². The highest BCUT2D eigenvalue weighted by molar-refractivity contribution is 7.22. The van der Waals surface area contributed by atoms with E-state index >= 15 is 0 Å². The van der Waals surface area contributed by atoms with Crippen molar-refractivity contribution in [2.45, 2.75) is 0 Å². The molecule has 1 aliphatic heterocycles. The summed E-state index contributed by atoms with van der Waals surface area (Å²) in [5.74, 6) is 1.27. The molecule has 1 aliphatic rings. The van der Waals surface area contributed by atoms with Crippen LogP contribution in [0.25, 0.3) is 20.4 Å². The molecular weight excluding hydrogens is 460 g/mol. The molecule has 1 saturated heterocycles. The summed E-state index contributed by atoms with van der Waals surface area (Å²) >= 11 is 2.96. The van der Waals surface area contributed by atoms with Crippen LogP contribution in [0.5, 0.6) is 11.5 Å². The third-order valence-electron chi connectivity index (χ3n) is 5.70. The molecule has 10 heteroatoms. The monoisotopic (exact) mass is 484 g/mol. The van der Waals surface area contributed by atoms with Crippen LogP contribution in [0.1, 0.15) is 10.4 Å². The second-order valence-corrected chi connectivity index (χ2v) is 9.45. The van der Waals surface area contributed by atoms with Crippen LogP contribution in [0.15, 0.2) is 35.8 Å². The van der Waals surface area contributed by atoms with E-state index in [1.807, 2.05) is 30.3 Å². The Morgan fingerprint density at radius 2 is 1.94 bits per heavy atom. The number of carbonyl (C=O) groups excluding carboxylic acids is 1. The van der Waals surface area contributed by atoms with Gasteiger partial charge >= 0.3 is 0 Å². The number of methoxy groups -OCH3 is 2. The Morgan fingerprint density at radius 3 is 2.73 bits per heavy atom. The normalized spacial score (nSPS) is 14.6. The van der Waals surface area contributed by atoms with Crippen molar-refractivity contribution in [2.75, 3.05) is 58.5 Å². The predicted octanol–water partition coefficient (Wildman–Crippen LogP) is 3.90. The highest BCUT2D eigenvalue weighted by Gasteiger charge is 2.25. The van der Waals surface area contributed by atoms with Crippen LogP contribution >= 0.6 is 22.7 Å². The molecular formula is C23H24N4O4S2. The van der Waals surface area contributed by atoms with Crippen LogP contribution in [0, 0.1) is 0 Å². The van der Waals surface area contributed by atoms with Crippen LogP contribution in [0.2, 0.25) is 0 Å². The SMILES string of the molecule is COc1ccc(OC)c2sc(N(CCN3CCOCC3)C(=O)c3ccc4ncsc4c3)nc12. The average Bonchev–Trinajstić information content (AvgIpc) is 3.51. The van der Waals surface area contributed by atoms with Crippen LogP contribution in [0.4, 0.5) is 5.13 Å². The number of hydrogen-bond acceptors (Lipinski definition) is 9. The lowest BCUT2D eigenvalue weighted by atomic mass is 10.2. The van der Waals surface area contributed by atoms with Crippen molar-refractivity contribution in [3.05, 3.63) is 41.4 Å². The molecule has 0 bridgehead atoms. The minimum absolute atomic E-state index is 0.0875. The zero-order valence-corrected chi connectivity index (χ0v) is 20.1. The van der Waals surface area contributed by atoms with E-state index in [1.165, 1.54) is 22.7 Å². The highest BCUT2D eigenvalue weighted by Crippen LogP contribution is 2.40. The first kappa shape index (κ1) is 22.0. The van der Waals surface area contributed by atoms with Crippen molar-refractivity contribution in [2.24, 2.45) is 0 Å². The van der Waals surface area contributed by atoms with Gasteiger partial charge in [-0.1, -0.05) is 11.3 Å². The second kappa shape index (κ2) is 9.60. The average molecular weight is 485 g/mol. The molecule has 0 spiro atoms. The van der Waals surface area contributed by atoms with Gasteiger partial charge in [0.2, 0.25) is 0 Å². The number of thiazole rings is 2. The van der Waals surface area contributed by atoms with Gasteiger partial charge in [0.15, 0.2) is 5.13 Å². The summed E-state index contributed by atoms with van der Waals surface area (Å²) in [5.41, 5.74) is 4.00. The highest BCUT2D eigenvalue weighted by atomic mass is 32.1. The lowest BCUT2D eigenvalue weighted by Gasteiger charge is -2.29. The molecule has 0 aliphatic carbocycles. The maximum Gasteiger partial charge on any atom is 0.260 e. The van der Waals surface area contributed by atoms with Crippen molar-refractivity contribution >= 4 is 54.1 Å². The van der Waals surface area contributed by atoms with Gasteiger partial charge in [0.05, 0.1) is 43.2 Å². The number of fused-ring (bicyclic) bond motifs is 2. The number of nitrogens with zero attached hydrogens (tertiary/aromatic N) is 4. The fourth-order valence-corrected chi connectivity index (χ4v) is 5.70. The van der Waals surface area contributed by atoms with Gasteiger partial charge in [0.25, 0.3) is 5.91 Å². The first-order chi connectivity index (χ1) is 16.2. The van der Waals surface area contributed by atoms with Gasteiger partial charge < -0.3 is 14.2 Å². The molecule has 33 heavy (non-hydrogen) atoms. The van der Waals surface area contributed by atoms with E-state index in [-0.39, 0.29) is 5.91 Å². The molecule has 2 aromatic carbocycles. The van der Waals surface area contributed by atoms with E-state index in [9.17, 15) is 4.79 Å². The van der Waals surface area contributed by atoms with E-state index in [4.69, 9.17) is 19.2 Å². The number of hydrogen-bond donors (Lipinski definition) is 0. The first-order valence-corrected chi connectivity index (χ1v) is 12.3. The molecule has 8 nitrogen and oxygen atoms in total. The Morgan fingerprint density at radius 1 is 1.15 bits per heavy atom. The molecule has 0 radical (unpaired) electrons. The molecule has 2 aromatic heterocycles. The Labute approximate surface area is 199 Å². The van der Waals surface area contributed by atoms with Gasteiger partial charge in [-0.15, -0.1) is 11.3 Å². The second-order valence-electron chi connectivity index (χ2n) is 7.59. The first-order valence-electron chi connectivity index (χ1n) is 10.6. The minimum Gasteiger partial charge on any atom is -0.495 e. The molecule has 3 heterocycles. The summed E-state index contributed by atoms with van der Waals surface area (Å²) < 4.78 is 18.4. The number of benzene rings is 2. The molecule has 0 unspecified atom stereocenters. The molecule has 0 N–H and O–H groups in total. The summed E-state index contributed by atoms with van der Waals surface area (Å²) in [6.45, 7) is 4.40. The number of aromatic nitrogens is 2. The smallest absolute Gasteiger partial charge is 0.260 e. The zero-order chi connectivity index (χ0) is 22.8. The third kappa shape index (κ3) is 4.39. The van der Waals surface area contributed by atoms with E-state index in [2.05, 4.69) is 9.88 Å².